The number of halogens is 1. The van der Waals surface area contributed by atoms with Gasteiger partial charge < -0.3 is 25.7 Å². The quantitative estimate of drug-likeness (QED) is 0.314. The molecule has 1 aliphatic rings. The SMILES string of the molecule is CNC(=O)c1c(Nc2ccc(CN3CCNCC3)cc2)ncnc1Oc1ccc2[nH]c(C)cc2c1F. The zero-order valence-electron chi connectivity index (χ0n) is 20.2. The number of aryl methyl sites for hydroxylation is 1. The number of fused-ring (bicyclic) bond motifs is 1. The van der Waals surface area contributed by atoms with Gasteiger partial charge in [0.1, 0.15) is 11.9 Å². The van der Waals surface area contributed by atoms with E-state index >= 15 is 4.39 Å². The number of aromatic nitrogens is 3. The summed E-state index contributed by atoms with van der Waals surface area (Å²) in [5.74, 6) is -0.815. The second-order valence-electron chi connectivity index (χ2n) is 8.72. The molecule has 0 saturated carbocycles. The molecule has 0 radical (unpaired) electrons. The first-order valence-corrected chi connectivity index (χ1v) is 11.8. The Hall–Kier alpha value is -4.02. The van der Waals surface area contributed by atoms with Gasteiger partial charge in [-0.25, -0.2) is 14.4 Å². The smallest absolute Gasteiger partial charge is 0.260 e. The molecule has 10 heteroatoms. The number of hydrogen-bond acceptors (Lipinski definition) is 7. The molecular formula is C26H28FN7O2. The molecule has 186 valence electrons. The van der Waals surface area contributed by atoms with Crippen LogP contribution in [0.1, 0.15) is 21.6 Å². The van der Waals surface area contributed by atoms with Crippen molar-refractivity contribution in [3.05, 3.63) is 71.4 Å². The van der Waals surface area contributed by atoms with Crippen LogP contribution in [0.2, 0.25) is 0 Å². The van der Waals surface area contributed by atoms with Crippen molar-refractivity contribution >= 4 is 28.3 Å². The number of anilines is 2. The number of nitrogens with one attached hydrogen (secondary N) is 4. The summed E-state index contributed by atoms with van der Waals surface area (Å²) < 4.78 is 20.9. The molecule has 0 aliphatic carbocycles. The Balaban J connectivity index is 1.40. The van der Waals surface area contributed by atoms with Crippen molar-refractivity contribution < 1.29 is 13.9 Å². The van der Waals surface area contributed by atoms with Gasteiger partial charge in [0.15, 0.2) is 17.4 Å². The number of benzene rings is 2. The van der Waals surface area contributed by atoms with Crippen LogP contribution in [-0.4, -0.2) is 59.0 Å². The van der Waals surface area contributed by atoms with Gasteiger partial charge >= 0.3 is 0 Å². The molecule has 2 aromatic carbocycles. The number of carbonyl (C=O) groups excluding carboxylic acids is 1. The van der Waals surface area contributed by atoms with E-state index in [0.29, 0.717) is 10.9 Å². The fraction of sp³-hybridized carbons (Fsp3) is 0.269. The van der Waals surface area contributed by atoms with Crippen LogP contribution in [0, 0.1) is 12.7 Å². The lowest BCUT2D eigenvalue weighted by atomic mass is 10.1. The van der Waals surface area contributed by atoms with Crippen LogP contribution in [0.5, 0.6) is 11.6 Å². The highest BCUT2D eigenvalue weighted by Gasteiger charge is 2.22. The molecule has 1 saturated heterocycles. The zero-order chi connectivity index (χ0) is 25.1. The predicted molar refractivity (Wildman–Crippen MR) is 136 cm³/mol. The monoisotopic (exact) mass is 489 g/mol. The lowest BCUT2D eigenvalue weighted by molar-refractivity contribution is 0.0960. The highest BCUT2D eigenvalue weighted by atomic mass is 19.1. The van der Waals surface area contributed by atoms with E-state index in [1.807, 2.05) is 31.2 Å². The lowest BCUT2D eigenvalue weighted by Gasteiger charge is -2.27. The molecular weight excluding hydrogens is 461 g/mol. The van der Waals surface area contributed by atoms with Crippen molar-refractivity contribution in [3.8, 4) is 11.6 Å². The van der Waals surface area contributed by atoms with E-state index < -0.39 is 11.7 Å². The summed E-state index contributed by atoms with van der Waals surface area (Å²) >= 11 is 0. The molecule has 5 rings (SSSR count). The summed E-state index contributed by atoms with van der Waals surface area (Å²) in [5, 5.41) is 9.53. The summed E-state index contributed by atoms with van der Waals surface area (Å²) in [6.45, 7) is 6.79. The summed E-state index contributed by atoms with van der Waals surface area (Å²) in [6.07, 6.45) is 1.28. The van der Waals surface area contributed by atoms with Gasteiger partial charge in [-0.05, 0) is 42.8 Å². The number of amides is 1. The minimum atomic E-state index is -0.534. The van der Waals surface area contributed by atoms with Gasteiger partial charge in [0.25, 0.3) is 5.91 Å². The summed E-state index contributed by atoms with van der Waals surface area (Å²) in [7, 11) is 1.50. The third-order valence-corrected chi connectivity index (χ3v) is 6.14. The second kappa shape index (κ2) is 10.3. The van der Waals surface area contributed by atoms with Crippen LogP contribution in [0.25, 0.3) is 10.9 Å². The van der Waals surface area contributed by atoms with E-state index in [4.69, 9.17) is 4.74 Å². The molecule has 0 bridgehead atoms. The van der Waals surface area contributed by atoms with Gasteiger partial charge in [-0.2, -0.15) is 0 Å². The van der Waals surface area contributed by atoms with Crippen molar-refractivity contribution in [2.24, 2.45) is 0 Å². The first-order chi connectivity index (χ1) is 17.5. The van der Waals surface area contributed by atoms with Crippen LogP contribution in [0.3, 0.4) is 0 Å². The molecule has 4 N–H and O–H groups in total. The minimum absolute atomic E-state index is 0.0337. The highest BCUT2D eigenvalue weighted by Crippen LogP contribution is 2.33. The number of rotatable bonds is 7. The minimum Gasteiger partial charge on any atom is -0.435 e. The average Bonchev–Trinajstić information content (AvgIpc) is 3.28. The van der Waals surface area contributed by atoms with Crippen LogP contribution >= 0.6 is 0 Å². The fourth-order valence-electron chi connectivity index (χ4n) is 4.30. The summed E-state index contributed by atoms with van der Waals surface area (Å²) in [5.41, 5.74) is 3.53. The number of carbonyl (C=O) groups is 1. The Kier molecular flexibility index (Phi) is 6.79. The van der Waals surface area contributed by atoms with Crippen molar-refractivity contribution in [3.63, 3.8) is 0 Å². The van der Waals surface area contributed by atoms with Crippen molar-refractivity contribution in [2.75, 3.05) is 38.5 Å². The van der Waals surface area contributed by atoms with E-state index in [1.54, 1.807) is 12.1 Å². The lowest BCUT2D eigenvalue weighted by Crippen LogP contribution is -2.42. The van der Waals surface area contributed by atoms with E-state index in [1.165, 1.54) is 25.0 Å². The van der Waals surface area contributed by atoms with Gasteiger partial charge in [-0.1, -0.05) is 12.1 Å². The molecule has 2 aromatic heterocycles. The maximum atomic E-state index is 15.1. The van der Waals surface area contributed by atoms with E-state index in [2.05, 4.69) is 35.8 Å². The van der Waals surface area contributed by atoms with Crippen LogP contribution in [0.15, 0.2) is 48.8 Å². The Morgan fingerprint density at radius 1 is 1.14 bits per heavy atom. The molecule has 0 unspecified atom stereocenters. The Labute approximate surface area is 208 Å². The molecule has 1 amide bonds. The Morgan fingerprint density at radius 3 is 2.67 bits per heavy atom. The normalized spacial score (nSPS) is 14.1. The zero-order valence-corrected chi connectivity index (χ0v) is 20.2. The molecule has 3 heterocycles. The molecule has 0 spiro atoms. The topological polar surface area (TPSA) is 107 Å². The maximum absolute atomic E-state index is 15.1. The average molecular weight is 490 g/mol. The Morgan fingerprint density at radius 2 is 1.92 bits per heavy atom. The van der Waals surface area contributed by atoms with Gasteiger partial charge in [-0.15, -0.1) is 0 Å². The van der Waals surface area contributed by atoms with Crippen molar-refractivity contribution in [2.45, 2.75) is 13.5 Å². The fourth-order valence-corrected chi connectivity index (χ4v) is 4.30. The van der Waals surface area contributed by atoms with Gasteiger partial charge in [0.2, 0.25) is 5.88 Å². The highest BCUT2D eigenvalue weighted by molar-refractivity contribution is 6.01. The van der Waals surface area contributed by atoms with Gasteiger partial charge in [-0.3, -0.25) is 9.69 Å². The molecule has 36 heavy (non-hydrogen) atoms. The van der Waals surface area contributed by atoms with Crippen LogP contribution in [-0.2, 0) is 6.54 Å². The molecule has 1 aliphatic heterocycles. The van der Waals surface area contributed by atoms with Crippen LogP contribution in [0.4, 0.5) is 15.9 Å². The van der Waals surface area contributed by atoms with E-state index in [9.17, 15) is 4.79 Å². The Bertz CT molecular complexity index is 1380. The first kappa shape index (κ1) is 23.7. The van der Waals surface area contributed by atoms with Crippen molar-refractivity contribution in [1.29, 1.82) is 0 Å². The number of nitrogens with zero attached hydrogens (tertiary/aromatic N) is 3. The number of H-pyrrole nitrogens is 1. The third-order valence-electron chi connectivity index (χ3n) is 6.14. The third kappa shape index (κ3) is 5.00. The molecule has 0 atom stereocenters. The molecule has 1 fully saturated rings. The standard InChI is InChI=1S/C26H28FN7O2/c1-16-13-19-20(32-16)7-8-21(23(19)27)36-26-22(25(35)28-2)24(30-15-31-26)33-18-5-3-17(4-6-18)14-34-11-9-29-10-12-34/h3-8,13,15,29,32H,9-12,14H2,1-2H3,(H,28,35)(H,30,31,33). The van der Waals surface area contributed by atoms with Gasteiger partial charge in [0, 0.05) is 62.1 Å². The van der Waals surface area contributed by atoms with E-state index in [-0.39, 0.29) is 23.0 Å². The number of aromatic amines is 1. The molecule has 4 aromatic rings. The summed E-state index contributed by atoms with van der Waals surface area (Å²) in [4.78, 5) is 26.7. The second-order valence-corrected chi connectivity index (χ2v) is 8.72. The van der Waals surface area contributed by atoms with Gasteiger partial charge in [0.05, 0.1) is 0 Å². The number of ether oxygens (including phenoxy) is 1. The van der Waals surface area contributed by atoms with Crippen LogP contribution < -0.4 is 20.7 Å². The predicted octanol–water partition coefficient (Wildman–Crippen LogP) is 3.71. The first-order valence-electron chi connectivity index (χ1n) is 11.8. The summed E-state index contributed by atoms with van der Waals surface area (Å²) in [6, 6.07) is 12.9. The molecule has 9 nitrogen and oxygen atoms in total. The maximum Gasteiger partial charge on any atom is 0.260 e. The number of piperazine rings is 1. The number of hydrogen-bond donors (Lipinski definition) is 4. The van der Waals surface area contributed by atoms with Crippen molar-refractivity contribution in [1.82, 2.24) is 30.5 Å². The largest absolute Gasteiger partial charge is 0.435 e. The van der Waals surface area contributed by atoms with E-state index in [0.717, 1.165) is 44.1 Å².